The Labute approximate surface area is 194 Å². The van der Waals surface area contributed by atoms with Crippen LogP contribution in [0.15, 0.2) is 48.5 Å². The molecule has 2 rings (SSSR count). The standard InChI is InChI=1S/C24H28F7NO2/c1-2-3-4-5-8-17-9-6-11-19(13-17)32(16-21(33)23(27,28)29)15-18-10-7-12-20(14-18)34-24(30,31)22(25)26/h6-7,9-14,21-22,33H,2-5,8,15-16H2,1H3. The van der Waals surface area contributed by atoms with E-state index in [0.717, 1.165) is 49.8 Å². The van der Waals surface area contributed by atoms with Crippen LogP contribution in [0, 0.1) is 0 Å². The summed E-state index contributed by atoms with van der Waals surface area (Å²) in [5, 5.41) is 9.66. The Balaban J connectivity index is 2.26. The summed E-state index contributed by atoms with van der Waals surface area (Å²) in [5.41, 5.74) is 1.56. The second kappa shape index (κ2) is 12.3. The molecule has 0 heterocycles. The lowest BCUT2D eigenvalue weighted by Crippen LogP contribution is -2.41. The molecule has 10 heteroatoms. The van der Waals surface area contributed by atoms with Crippen LogP contribution in [0.25, 0.3) is 0 Å². The van der Waals surface area contributed by atoms with E-state index in [-0.39, 0.29) is 12.1 Å². The molecule has 34 heavy (non-hydrogen) atoms. The number of aryl methyl sites for hydroxylation is 1. The molecule has 0 bridgehead atoms. The summed E-state index contributed by atoms with van der Waals surface area (Å²) >= 11 is 0. The molecule has 0 aromatic heterocycles. The van der Waals surface area contributed by atoms with Crippen LogP contribution >= 0.6 is 0 Å². The van der Waals surface area contributed by atoms with Crippen molar-refractivity contribution in [1.29, 1.82) is 0 Å². The molecule has 0 radical (unpaired) electrons. The fourth-order valence-electron chi connectivity index (χ4n) is 3.37. The number of alkyl halides is 7. The van der Waals surface area contributed by atoms with E-state index < -0.39 is 37.1 Å². The van der Waals surface area contributed by atoms with E-state index in [1.54, 1.807) is 18.2 Å². The molecule has 0 saturated heterocycles. The average molecular weight is 495 g/mol. The Morgan fingerprint density at radius 1 is 0.912 bits per heavy atom. The Bertz CT molecular complexity index is 890. The first-order valence-corrected chi connectivity index (χ1v) is 10.9. The van der Waals surface area contributed by atoms with Crippen LogP contribution in [0.1, 0.15) is 43.7 Å². The molecule has 1 N–H and O–H groups in total. The Morgan fingerprint density at radius 3 is 2.24 bits per heavy atom. The maximum absolute atomic E-state index is 13.2. The van der Waals surface area contributed by atoms with Gasteiger partial charge in [-0.2, -0.15) is 30.7 Å². The van der Waals surface area contributed by atoms with E-state index >= 15 is 0 Å². The average Bonchev–Trinajstić information content (AvgIpc) is 2.75. The number of aliphatic hydroxyl groups excluding tert-OH is 1. The highest BCUT2D eigenvalue weighted by Crippen LogP contribution is 2.30. The second-order valence-electron chi connectivity index (χ2n) is 8.03. The summed E-state index contributed by atoms with van der Waals surface area (Å²) in [6, 6.07) is 11.7. The van der Waals surface area contributed by atoms with Crippen molar-refractivity contribution in [3.63, 3.8) is 0 Å². The SMILES string of the molecule is CCCCCCc1cccc(N(Cc2cccc(OC(F)(F)C(F)F)c2)CC(O)C(F)(F)F)c1. The predicted molar refractivity (Wildman–Crippen MR) is 115 cm³/mol. The van der Waals surface area contributed by atoms with E-state index in [4.69, 9.17) is 0 Å². The molecular weight excluding hydrogens is 467 g/mol. The number of rotatable bonds is 13. The number of nitrogens with zero attached hydrogens (tertiary/aromatic N) is 1. The monoisotopic (exact) mass is 495 g/mol. The first-order valence-electron chi connectivity index (χ1n) is 10.9. The fraction of sp³-hybridized carbons (Fsp3) is 0.500. The molecule has 0 aliphatic rings. The van der Waals surface area contributed by atoms with Gasteiger partial charge in [-0.15, -0.1) is 0 Å². The molecule has 1 atom stereocenters. The van der Waals surface area contributed by atoms with Gasteiger partial charge < -0.3 is 14.7 Å². The zero-order chi connectivity index (χ0) is 25.4. The van der Waals surface area contributed by atoms with Gasteiger partial charge in [0.15, 0.2) is 6.10 Å². The van der Waals surface area contributed by atoms with Gasteiger partial charge in [-0.1, -0.05) is 50.5 Å². The van der Waals surface area contributed by atoms with Gasteiger partial charge >= 0.3 is 18.7 Å². The fourth-order valence-corrected chi connectivity index (χ4v) is 3.37. The number of hydrogen-bond donors (Lipinski definition) is 1. The van der Waals surface area contributed by atoms with E-state index in [1.165, 1.54) is 17.0 Å². The third-order valence-electron chi connectivity index (χ3n) is 5.15. The van der Waals surface area contributed by atoms with Crippen LogP contribution in [0.3, 0.4) is 0 Å². The summed E-state index contributed by atoms with van der Waals surface area (Å²) in [6.07, 6.45) is -11.5. The molecule has 0 aliphatic heterocycles. The van der Waals surface area contributed by atoms with Crippen LogP contribution < -0.4 is 9.64 Å². The van der Waals surface area contributed by atoms with Crippen molar-refractivity contribution in [1.82, 2.24) is 0 Å². The van der Waals surface area contributed by atoms with Crippen LogP contribution in [-0.2, 0) is 13.0 Å². The molecule has 190 valence electrons. The minimum Gasteiger partial charge on any atom is -0.428 e. The topological polar surface area (TPSA) is 32.7 Å². The number of ether oxygens (including phenoxy) is 1. The molecule has 0 amide bonds. The molecule has 0 spiro atoms. The number of halogens is 7. The Kier molecular flexibility index (Phi) is 10.0. The van der Waals surface area contributed by atoms with Crippen molar-refractivity contribution in [2.75, 3.05) is 11.4 Å². The van der Waals surface area contributed by atoms with Crippen LogP contribution in [0.4, 0.5) is 36.4 Å². The van der Waals surface area contributed by atoms with Crippen LogP contribution in [0.2, 0.25) is 0 Å². The van der Waals surface area contributed by atoms with Crippen LogP contribution in [0.5, 0.6) is 5.75 Å². The maximum Gasteiger partial charge on any atom is 0.461 e. The van der Waals surface area contributed by atoms with Gasteiger partial charge in [-0.3, -0.25) is 0 Å². The van der Waals surface area contributed by atoms with Crippen molar-refractivity contribution in [3.8, 4) is 5.75 Å². The first kappa shape index (κ1) is 27.8. The molecule has 3 nitrogen and oxygen atoms in total. The number of unbranched alkanes of at least 4 members (excludes halogenated alkanes) is 3. The number of hydrogen-bond acceptors (Lipinski definition) is 3. The molecule has 0 fully saturated rings. The van der Waals surface area contributed by atoms with Crippen LogP contribution in [-0.4, -0.2) is 36.5 Å². The van der Waals surface area contributed by atoms with Crippen molar-refractivity contribution in [2.45, 2.75) is 70.4 Å². The smallest absolute Gasteiger partial charge is 0.428 e. The number of anilines is 1. The summed E-state index contributed by atoms with van der Waals surface area (Å²) in [7, 11) is 0. The lowest BCUT2D eigenvalue weighted by molar-refractivity contribution is -0.253. The highest BCUT2D eigenvalue weighted by Gasteiger charge is 2.44. The lowest BCUT2D eigenvalue weighted by atomic mass is 10.0. The largest absolute Gasteiger partial charge is 0.461 e. The number of aliphatic hydroxyl groups is 1. The Hall–Kier alpha value is -2.49. The second-order valence-corrected chi connectivity index (χ2v) is 8.03. The molecule has 0 saturated carbocycles. The highest BCUT2D eigenvalue weighted by molar-refractivity contribution is 5.50. The quantitative estimate of drug-likeness (QED) is 0.241. The van der Waals surface area contributed by atoms with E-state index in [1.807, 2.05) is 6.07 Å². The summed E-state index contributed by atoms with van der Waals surface area (Å²) < 4.78 is 94.6. The maximum atomic E-state index is 13.2. The number of benzene rings is 2. The van der Waals surface area contributed by atoms with Crippen molar-refractivity contribution < 1.29 is 40.6 Å². The van der Waals surface area contributed by atoms with E-state index in [2.05, 4.69) is 11.7 Å². The lowest BCUT2D eigenvalue weighted by Gasteiger charge is -2.29. The van der Waals surface area contributed by atoms with Gasteiger partial charge in [0.1, 0.15) is 5.75 Å². The van der Waals surface area contributed by atoms with Crippen molar-refractivity contribution >= 4 is 5.69 Å². The van der Waals surface area contributed by atoms with Gasteiger partial charge in [0, 0.05) is 12.2 Å². The summed E-state index contributed by atoms with van der Waals surface area (Å²) in [6.45, 7) is 1.07. The molecule has 1 unspecified atom stereocenters. The van der Waals surface area contributed by atoms with Gasteiger partial charge in [0.25, 0.3) is 0 Å². The Morgan fingerprint density at radius 2 is 1.59 bits per heavy atom. The van der Waals surface area contributed by atoms with Gasteiger partial charge in [-0.25, -0.2) is 0 Å². The normalized spacial score (nSPS) is 13.2. The van der Waals surface area contributed by atoms with Gasteiger partial charge in [0.2, 0.25) is 0 Å². The zero-order valence-electron chi connectivity index (χ0n) is 18.7. The van der Waals surface area contributed by atoms with Gasteiger partial charge in [0.05, 0.1) is 6.54 Å². The predicted octanol–water partition coefficient (Wildman–Crippen LogP) is 6.98. The molecular formula is C24H28F7NO2. The van der Waals surface area contributed by atoms with Gasteiger partial charge in [-0.05, 0) is 48.2 Å². The van der Waals surface area contributed by atoms with Crippen molar-refractivity contribution in [2.24, 2.45) is 0 Å². The third kappa shape index (κ3) is 8.70. The van der Waals surface area contributed by atoms with E-state index in [0.29, 0.717) is 5.69 Å². The first-order chi connectivity index (χ1) is 15.9. The molecule has 2 aromatic rings. The van der Waals surface area contributed by atoms with E-state index in [9.17, 15) is 35.8 Å². The summed E-state index contributed by atoms with van der Waals surface area (Å²) in [4.78, 5) is 1.26. The van der Waals surface area contributed by atoms with Crippen molar-refractivity contribution in [3.05, 3.63) is 59.7 Å². The highest BCUT2D eigenvalue weighted by atomic mass is 19.4. The summed E-state index contributed by atoms with van der Waals surface area (Å²) in [5.74, 6) is -0.552. The molecule has 0 aliphatic carbocycles. The zero-order valence-corrected chi connectivity index (χ0v) is 18.7. The minimum absolute atomic E-state index is 0.204. The minimum atomic E-state index is -4.86. The third-order valence-corrected chi connectivity index (χ3v) is 5.15. The molecule has 2 aromatic carbocycles.